The Balaban J connectivity index is 2.10. The lowest BCUT2D eigenvalue weighted by Crippen LogP contribution is -2.41. The molecule has 5 heteroatoms. The number of carbonyl (C=O) groups is 2. The molecule has 0 N–H and O–H groups in total. The van der Waals surface area contributed by atoms with Crippen molar-refractivity contribution in [1.82, 2.24) is 0 Å². The molecule has 1 aromatic rings. The highest BCUT2D eigenvalue weighted by Gasteiger charge is 2.38. The largest absolute Gasteiger partial charge is 0.494 e. The van der Waals surface area contributed by atoms with Crippen LogP contribution in [0.1, 0.15) is 45.6 Å². The molecule has 0 bridgehead atoms. The third-order valence-electron chi connectivity index (χ3n) is 3.30. The molecule has 0 atom stereocenters. The van der Waals surface area contributed by atoms with Gasteiger partial charge in [-0.05, 0) is 30.2 Å². The van der Waals surface area contributed by atoms with Crippen molar-refractivity contribution in [3.8, 4) is 5.75 Å². The van der Waals surface area contributed by atoms with Gasteiger partial charge in [-0.15, -0.1) is 0 Å². The van der Waals surface area contributed by atoms with E-state index in [2.05, 4.69) is 6.92 Å². The summed E-state index contributed by atoms with van der Waals surface area (Å²) in [6, 6.07) is 7.21. The van der Waals surface area contributed by atoms with E-state index < -0.39 is 17.7 Å². The van der Waals surface area contributed by atoms with Gasteiger partial charge in [0.1, 0.15) is 11.3 Å². The molecule has 0 radical (unpaired) electrons. The lowest BCUT2D eigenvalue weighted by atomic mass is 10.1. The van der Waals surface area contributed by atoms with Crippen LogP contribution in [0.15, 0.2) is 29.8 Å². The van der Waals surface area contributed by atoms with Gasteiger partial charge in [-0.25, -0.2) is 9.59 Å². The van der Waals surface area contributed by atoms with Gasteiger partial charge in [0.25, 0.3) is 5.79 Å². The summed E-state index contributed by atoms with van der Waals surface area (Å²) in [6.07, 6.45) is 4.71. The fraction of sp³-hybridized carbons (Fsp3) is 0.444. The minimum Gasteiger partial charge on any atom is -0.494 e. The average Bonchev–Trinajstić information content (AvgIpc) is 2.47. The lowest BCUT2D eigenvalue weighted by molar-refractivity contribution is -0.222. The summed E-state index contributed by atoms with van der Waals surface area (Å²) in [4.78, 5) is 23.9. The molecule has 0 aliphatic carbocycles. The Morgan fingerprint density at radius 1 is 1.13 bits per heavy atom. The van der Waals surface area contributed by atoms with Gasteiger partial charge in [-0.1, -0.05) is 31.9 Å². The maximum Gasteiger partial charge on any atom is 0.348 e. The van der Waals surface area contributed by atoms with Gasteiger partial charge in [0.15, 0.2) is 0 Å². The lowest BCUT2D eigenvalue weighted by Gasteiger charge is -2.29. The van der Waals surface area contributed by atoms with E-state index in [9.17, 15) is 9.59 Å². The van der Waals surface area contributed by atoms with E-state index >= 15 is 0 Å². The topological polar surface area (TPSA) is 61.8 Å². The van der Waals surface area contributed by atoms with Crippen LogP contribution in [-0.4, -0.2) is 24.3 Å². The molecule has 23 heavy (non-hydrogen) atoms. The van der Waals surface area contributed by atoms with E-state index in [0.717, 1.165) is 19.3 Å². The second-order valence-electron chi connectivity index (χ2n) is 5.86. The van der Waals surface area contributed by atoms with Crippen LogP contribution in [0, 0.1) is 0 Å². The van der Waals surface area contributed by atoms with Gasteiger partial charge >= 0.3 is 11.9 Å². The minimum atomic E-state index is -1.23. The normalized spacial score (nSPS) is 16.6. The number of ether oxygens (including phenoxy) is 3. The molecule has 1 aromatic carbocycles. The zero-order valence-corrected chi connectivity index (χ0v) is 13.8. The van der Waals surface area contributed by atoms with Crippen molar-refractivity contribution in [2.24, 2.45) is 0 Å². The fourth-order valence-corrected chi connectivity index (χ4v) is 2.18. The van der Waals surface area contributed by atoms with Gasteiger partial charge in [0, 0.05) is 13.8 Å². The number of rotatable bonds is 6. The average molecular weight is 318 g/mol. The Kier molecular flexibility index (Phi) is 5.42. The summed E-state index contributed by atoms with van der Waals surface area (Å²) < 4.78 is 15.8. The number of cyclic esters (lactones) is 2. The molecular weight excluding hydrogens is 296 g/mol. The third kappa shape index (κ3) is 4.84. The highest BCUT2D eigenvalue weighted by Crippen LogP contribution is 2.25. The smallest absolute Gasteiger partial charge is 0.348 e. The molecule has 0 spiro atoms. The van der Waals surface area contributed by atoms with Gasteiger partial charge < -0.3 is 14.2 Å². The van der Waals surface area contributed by atoms with Crippen molar-refractivity contribution in [3.63, 3.8) is 0 Å². The Morgan fingerprint density at radius 3 is 2.48 bits per heavy atom. The quantitative estimate of drug-likeness (QED) is 0.348. The first kappa shape index (κ1) is 17.1. The van der Waals surface area contributed by atoms with E-state index in [-0.39, 0.29) is 5.57 Å². The van der Waals surface area contributed by atoms with Crippen LogP contribution in [0.5, 0.6) is 5.75 Å². The van der Waals surface area contributed by atoms with E-state index in [1.54, 1.807) is 12.1 Å². The molecule has 0 amide bonds. The first-order valence-electron chi connectivity index (χ1n) is 7.82. The van der Waals surface area contributed by atoms with Crippen molar-refractivity contribution >= 4 is 18.0 Å². The molecule has 1 aliphatic heterocycles. The highest BCUT2D eigenvalue weighted by atomic mass is 16.7. The van der Waals surface area contributed by atoms with Crippen molar-refractivity contribution in [3.05, 3.63) is 35.4 Å². The first-order chi connectivity index (χ1) is 10.9. The zero-order valence-electron chi connectivity index (χ0n) is 13.8. The number of unbranched alkanes of at least 4 members (excludes halogenated alkanes) is 2. The van der Waals surface area contributed by atoms with E-state index in [1.165, 1.54) is 19.9 Å². The first-order valence-corrected chi connectivity index (χ1v) is 7.82. The van der Waals surface area contributed by atoms with Gasteiger partial charge in [-0.2, -0.15) is 0 Å². The predicted octanol–water partition coefficient (Wildman–Crippen LogP) is 3.48. The summed E-state index contributed by atoms with van der Waals surface area (Å²) >= 11 is 0. The second kappa shape index (κ2) is 7.31. The van der Waals surface area contributed by atoms with E-state index in [4.69, 9.17) is 14.2 Å². The SMILES string of the molecule is CCCCCOc1cccc(C=C2C(=O)OC(C)(C)OC2=O)c1. The van der Waals surface area contributed by atoms with Gasteiger partial charge in [-0.3, -0.25) is 0 Å². The Morgan fingerprint density at radius 2 is 1.83 bits per heavy atom. The van der Waals surface area contributed by atoms with Crippen LogP contribution >= 0.6 is 0 Å². The summed E-state index contributed by atoms with van der Waals surface area (Å²) in [7, 11) is 0. The molecule has 1 heterocycles. The molecular formula is C18H22O5. The molecule has 0 saturated carbocycles. The molecule has 1 fully saturated rings. The Bertz CT molecular complexity index is 594. The van der Waals surface area contributed by atoms with Crippen LogP contribution in [0.2, 0.25) is 0 Å². The van der Waals surface area contributed by atoms with Crippen LogP contribution in [0.25, 0.3) is 6.08 Å². The number of benzene rings is 1. The summed E-state index contributed by atoms with van der Waals surface area (Å²) in [5, 5.41) is 0. The number of esters is 2. The molecule has 0 unspecified atom stereocenters. The Labute approximate surface area is 136 Å². The van der Waals surface area contributed by atoms with Crippen molar-refractivity contribution in [1.29, 1.82) is 0 Å². The van der Waals surface area contributed by atoms with Crippen LogP contribution < -0.4 is 4.74 Å². The number of hydrogen-bond donors (Lipinski definition) is 0. The van der Waals surface area contributed by atoms with Crippen LogP contribution in [-0.2, 0) is 19.1 Å². The van der Waals surface area contributed by atoms with Gasteiger partial charge in [0.05, 0.1) is 6.61 Å². The van der Waals surface area contributed by atoms with Crippen LogP contribution in [0.3, 0.4) is 0 Å². The second-order valence-corrected chi connectivity index (χ2v) is 5.86. The summed E-state index contributed by atoms with van der Waals surface area (Å²) in [5.41, 5.74) is 0.564. The minimum absolute atomic E-state index is 0.118. The van der Waals surface area contributed by atoms with Crippen molar-refractivity contribution in [2.75, 3.05) is 6.61 Å². The summed E-state index contributed by atoms with van der Waals surface area (Å²) in [6.45, 7) is 5.82. The number of hydrogen-bond acceptors (Lipinski definition) is 5. The highest BCUT2D eigenvalue weighted by molar-refractivity contribution is 6.18. The predicted molar refractivity (Wildman–Crippen MR) is 85.7 cm³/mol. The molecule has 124 valence electrons. The Hall–Kier alpha value is -2.30. The maximum atomic E-state index is 11.9. The fourth-order valence-electron chi connectivity index (χ4n) is 2.18. The molecule has 5 nitrogen and oxygen atoms in total. The van der Waals surface area contributed by atoms with Gasteiger partial charge in [0.2, 0.25) is 0 Å². The summed E-state index contributed by atoms with van der Waals surface area (Å²) in [5.74, 6) is -1.88. The van der Waals surface area contributed by atoms with Crippen molar-refractivity contribution < 1.29 is 23.8 Å². The van der Waals surface area contributed by atoms with E-state index in [1.807, 2.05) is 12.1 Å². The molecule has 0 aromatic heterocycles. The standard InChI is InChI=1S/C18H22O5/c1-4-5-6-10-21-14-9-7-8-13(11-14)12-15-16(19)22-18(2,3)23-17(15)20/h7-9,11-12H,4-6,10H2,1-3H3. The van der Waals surface area contributed by atoms with Crippen molar-refractivity contribution in [2.45, 2.75) is 45.8 Å². The maximum absolute atomic E-state index is 11.9. The molecule has 1 saturated heterocycles. The third-order valence-corrected chi connectivity index (χ3v) is 3.30. The van der Waals surface area contributed by atoms with Crippen LogP contribution in [0.4, 0.5) is 0 Å². The van der Waals surface area contributed by atoms with E-state index in [0.29, 0.717) is 17.9 Å². The zero-order chi connectivity index (χ0) is 16.9. The molecule has 2 rings (SSSR count). The molecule has 1 aliphatic rings. The number of carbonyl (C=O) groups excluding carboxylic acids is 2. The monoisotopic (exact) mass is 318 g/mol.